The molecule has 0 amide bonds. The van der Waals surface area contributed by atoms with E-state index in [0.29, 0.717) is 17.5 Å². The molecule has 2 heterocycles. The van der Waals surface area contributed by atoms with Crippen molar-refractivity contribution < 1.29 is 13.2 Å². The number of aliphatic imine (C=N–C) groups is 1. The summed E-state index contributed by atoms with van der Waals surface area (Å²) in [5.74, 6) is 0.481. The van der Waals surface area contributed by atoms with Crippen LogP contribution in [0, 0.1) is 0 Å². The molecule has 11 heteroatoms. The van der Waals surface area contributed by atoms with E-state index in [1.165, 1.54) is 0 Å². The maximum atomic E-state index is 12.5. The Kier molecular flexibility index (Phi) is 8.27. The van der Waals surface area contributed by atoms with E-state index in [0.717, 1.165) is 27.4 Å². The summed E-state index contributed by atoms with van der Waals surface area (Å²) >= 11 is 2.57. The van der Waals surface area contributed by atoms with Gasteiger partial charge in [0.1, 0.15) is 5.01 Å². The second-order valence-electron chi connectivity index (χ2n) is 6.30. The fraction of sp³-hybridized carbons (Fsp3) is 0.533. The average Bonchev–Trinajstić information content (AvgIpc) is 3.15. The fourth-order valence-corrected chi connectivity index (χ4v) is 3.46. The van der Waals surface area contributed by atoms with Gasteiger partial charge in [-0.15, -0.1) is 46.7 Å². The standard InChI is InChI=1S/C15H20F3N5S2.HI/c1-14(2,3)12-22-9(7-25-12)5-20-13(19-4)21-6-11-23-10(8-24-11)15(16,17)18;/h7-8H,5-6H2,1-4H3,(H2,19,20,21);1H. The Morgan fingerprint density at radius 1 is 1.08 bits per heavy atom. The molecule has 0 radical (unpaired) electrons. The molecule has 2 aromatic heterocycles. The Hall–Kier alpha value is -0.950. The predicted octanol–water partition coefficient (Wildman–Crippen LogP) is 4.40. The Balaban J connectivity index is 0.00000338. The Morgan fingerprint density at radius 2 is 1.73 bits per heavy atom. The maximum Gasteiger partial charge on any atom is 0.434 e. The van der Waals surface area contributed by atoms with Crippen LogP contribution in [0.25, 0.3) is 0 Å². The molecular formula is C15H21F3IN5S2. The molecule has 0 bridgehead atoms. The number of rotatable bonds is 4. The van der Waals surface area contributed by atoms with Gasteiger partial charge in [0, 0.05) is 23.2 Å². The van der Waals surface area contributed by atoms with Crippen molar-refractivity contribution >= 4 is 52.6 Å². The van der Waals surface area contributed by atoms with E-state index in [2.05, 4.69) is 46.4 Å². The molecule has 0 aromatic carbocycles. The van der Waals surface area contributed by atoms with E-state index >= 15 is 0 Å². The van der Waals surface area contributed by atoms with Gasteiger partial charge in [-0.2, -0.15) is 13.2 Å². The van der Waals surface area contributed by atoms with Crippen molar-refractivity contribution in [3.05, 3.63) is 32.2 Å². The van der Waals surface area contributed by atoms with Crippen molar-refractivity contribution in [2.45, 2.75) is 45.5 Å². The Bertz CT molecular complexity index is 676. The van der Waals surface area contributed by atoms with Gasteiger partial charge in [-0.3, -0.25) is 4.99 Å². The Labute approximate surface area is 175 Å². The van der Waals surface area contributed by atoms with E-state index in [1.54, 1.807) is 18.4 Å². The molecule has 0 spiro atoms. The maximum absolute atomic E-state index is 12.5. The molecule has 0 unspecified atom stereocenters. The quantitative estimate of drug-likeness (QED) is 0.357. The SMILES string of the molecule is CN=C(NCc1csc(C(C)(C)C)n1)NCc1nc(C(F)(F)F)cs1.I. The lowest BCUT2D eigenvalue weighted by atomic mass is 9.98. The van der Waals surface area contributed by atoms with Crippen molar-refractivity contribution in [2.24, 2.45) is 4.99 Å². The van der Waals surface area contributed by atoms with Crippen LogP contribution in [-0.4, -0.2) is 23.0 Å². The summed E-state index contributed by atoms with van der Waals surface area (Å²) in [6.07, 6.45) is -4.41. The van der Waals surface area contributed by atoms with Gasteiger partial charge in [0.05, 0.1) is 23.8 Å². The second kappa shape index (κ2) is 9.31. The van der Waals surface area contributed by atoms with Crippen LogP contribution in [0.4, 0.5) is 13.2 Å². The van der Waals surface area contributed by atoms with Crippen molar-refractivity contribution in [2.75, 3.05) is 7.05 Å². The van der Waals surface area contributed by atoms with Gasteiger partial charge in [-0.25, -0.2) is 9.97 Å². The number of thiazole rings is 2. The molecule has 0 atom stereocenters. The van der Waals surface area contributed by atoms with Crippen molar-refractivity contribution in [3.8, 4) is 0 Å². The zero-order valence-electron chi connectivity index (χ0n) is 14.8. The van der Waals surface area contributed by atoms with Gasteiger partial charge < -0.3 is 10.6 Å². The third-order valence-electron chi connectivity index (χ3n) is 3.10. The van der Waals surface area contributed by atoms with E-state index < -0.39 is 11.9 Å². The van der Waals surface area contributed by atoms with Gasteiger partial charge in [-0.05, 0) is 0 Å². The van der Waals surface area contributed by atoms with Crippen LogP contribution in [-0.2, 0) is 24.7 Å². The highest BCUT2D eigenvalue weighted by molar-refractivity contribution is 14.0. The third-order valence-corrected chi connectivity index (χ3v) is 5.27. The first-order valence-corrected chi connectivity index (χ1v) is 9.26. The highest BCUT2D eigenvalue weighted by atomic mass is 127. The summed E-state index contributed by atoms with van der Waals surface area (Å²) in [6.45, 7) is 6.97. The van der Waals surface area contributed by atoms with Crippen LogP contribution in [0.1, 0.15) is 42.2 Å². The molecule has 0 saturated heterocycles. The van der Waals surface area contributed by atoms with Crippen molar-refractivity contribution in [1.29, 1.82) is 0 Å². The topological polar surface area (TPSA) is 62.2 Å². The molecule has 2 rings (SSSR count). The largest absolute Gasteiger partial charge is 0.434 e. The van der Waals surface area contributed by atoms with Gasteiger partial charge in [0.25, 0.3) is 0 Å². The minimum Gasteiger partial charge on any atom is -0.351 e. The zero-order valence-corrected chi connectivity index (χ0v) is 18.7. The first-order chi connectivity index (χ1) is 11.6. The summed E-state index contributed by atoms with van der Waals surface area (Å²) in [6, 6.07) is 0. The van der Waals surface area contributed by atoms with E-state index in [-0.39, 0.29) is 35.9 Å². The molecule has 2 aromatic rings. The molecule has 0 fully saturated rings. The zero-order chi connectivity index (χ0) is 18.7. The minimum absolute atomic E-state index is 0. The van der Waals surface area contributed by atoms with Gasteiger partial charge in [-0.1, -0.05) is 20.8 Å². The smallest absolute Gasteiger partial charge is 0.351 e. The highest BCUT2D eigenvalue weighted by Gasteiger charge is 2.33. The molecule has 26 heavy (non-hydrogen) atoms. The van der Waals surface area contributed by atoms with Gasteiger partial charge in [0.2, 0.25) is 0 Å². The molecule has 0 saturated carbocycles. The van der Waals surface area contributed by atoms with Gasteiger partial charge >= 0.3 is 6.18 Å². The van der Waals surface area contributed by atoms with Crippen LogP contribution in [0.2, 0.25) is 0 Å². The summed E-state index contributed by atoms with van der Waals surface area (Å²) in [5.41, 5.74) is 0.0325. The average molecular weight is 519 g/mol. The molecule has 5 nitrogen and oxygen atoms in total. The summed E-state index contributed by atoms with van der Waals surface area (Å²) in [5, 5.41) is 10.4. The van der Waals surface area contributed by atoms with Crippen molar-refractivity contribution in [3.63, 3.8) is 0 Å². The van der Waals surface area contributed by atoms with Crippen LogP contribution in [0.15, 0.2) is 15.8 Å². The molecule has 0 aliphatic rings. The number of alkyl halides is 3. The third kappa shape index (κ3) is 6.65. The first-order valence-electron chi connectivity index (χ1n) is 7.50. The van der Waals surface area contributed by atoms with E-state index in [1.807, 2.05) is 5.38 Å². The summed E-state index contributed by atoms with van der Waals surface area (Å²) in [7, 11) is 1.60. The second-order valence-corrected chi connectivity index (χ2v) is 8.10. The van der Waals surface area contributed by atoms with Crippen LogP contribution in [0.3, 0.4) is 0 Å². The monoisotopic (exact) mass is 519 g/mol. The normalized spacial score (nSPS) is 12.7. The number of nitrogens with one attached hydrogen (secondary N) is 2. The lowest BCUT2D eigenvalue weighted by Crippen LogP contribution is -2.36. The lowest BCUT2D eigenvalue weighted by Gasteiger charge is -2.13. The fourth-order valence-electron chi connectivity index (χ4n) is 1.81. The van der Waals surface area contributed by atoms with Crippen LogP contribution >= 0.6 is 46.7 Å². The van der Waals surface area contributed by atoms with Crippen LogP contribution in [0.5, 0.6) is 0 Å². The number of aromatic nitrogens is 2. The highest BCUT2D eigenvalue weighted by Crippen LogP contribution is 2.30. The van der Waals surface area contributed by atoms with Crippen LogP contribution < -0.4 is 10.6 Å². The minimum atomic E-state index is -4.41. The molecule has 2 N–H and O–H groups in total. The summed E-state index contributed by atoms with van der Waals surface area (Å²) < 4.78 is 37.6. The predicted molar refractivity (Wildman–Crippen MR) is 110 cm³/mol. The molecule has 146 valence electrons. The Morgan fingerprint density at radius 3 is 2.23 bits per heavy atom. The number of halogens is 4. The van der Waals surface area contributed by atoms with E-state index in [4.69, 9.17) is 0 Å². The molecular weight excluding hydrogens is 498 g/mol. The lowest BCUT2D eigenvalue weighted by molar-refractivity contribution is -0.140. The van der Waals surface area contributed by atoms with E-state index in [9.17, 15) is 13.2 Å². The number of hydrogen-bond acceptors (Lipinski definition) is 5. The number of guanidine groups is 1. The number of hydrogen-bond donors (Lipinski definition) is 2. The first kappa shape index (κ1) is 23.1. The van der Waals surface area contributed by atoms with Crippen molar-refractivity contribution in [1.82, 2.24) is 20.6 Å². The summed E-state index contributed by atoms with van der Waals surface area (Å²) in [4.78, 5) is 12.2. The number of nitrogens with zero attached hydrogens (tertiary/aromatic N) is 3. The molecule has 0 aliphatic heterocycles. The molecule has 0 aliphatic carbocycles. The van der Waals surface area contributed by atoms with Gasteiger partial charge in [0.15, 0.2) is 11.7 Å².